The molecule has 0 aromatic heterocycles. The van der Waals surface area contributed by atoms with Crippen LogP contribution in [0.3, 0.4) is 0 Å². The molecule has 0 saturated carbocycles. The number of benzene rings is 1. The molecule has 0 heterocycles. The molecule has 0 amide bonds. The first-order chi connectivity index (χ1) is 7.08. The van der Waals surface area contributed by atoms with Crippen LogP contribution >= 0.6 is 34.2 Å². The summed E-state index contributed by atoms with van der Waals surface area (Å²) in [6, 6.07) is 3.60. The number of ether oxygens (including phenoxy) is 2. The van der Waals surface area contributed by atoms with E-state index in [4.69, 9.17) is 16.3 Å². The Kier molecular flexibility index (Phi) is 4.66. The summed E-state index contributed by atoms with van der Waals surface area (Å²) in [7, 11) is 2.89. The molecule has 1 rings (SSSR count). The number of methoxy groups -OCH3 is 2. The largest absolute Gasteiger partial charge is 0.496 e. The van der Waals surface area contributed by atoms with Crippen molar-refractivity contribution < 1.29 is 14.3 Å². The summed E-state index contributed by atoms with van der Waals surface area (Å²) < 4.78 is 10.7. The molecule has 1 aromatic carbocycles. The lowest BCUT2D eigenvalue weighted by atomic mass is 10.1. The summed E-state index contributed by atoms with van der Waals surface area (Å²) >= 11 is 8.16. The summed E-state index contributed by atoms with van der Waals surface area (Å²) in [6.45, 7) is 0. The maximum Gasteiger partial charge on any atom is 0.310 e. The zero-order valence-electron chi connectivity index (χ0n) is 8.34. The molecule has 0 fully saturated rings. The molecule has 0 bridgehead atoms. The molecule has 0 unspecified atom stereocenters. The highest BCUT2D eigenvalue weighted by Gasteiger charge is 2.13. The molecule has 0 aliphatic heterocycles. The van der Waals surface area contributed by atoms with Crippen molar-refractivity contribution in [3.63, 3.8) is 0 Å². The van der Waals surface area contributed by atoms with E-state index in [1.54, 1.807) is 13.2 Å². The Labute approximate surface area is 107 Å². The van der Waals surface area contributed by atoms with Crippen LogP contribution in [-0.4, -0.2) is 20.2 Å². The van der Waals surface area contributed by atoms with Crippen LogP contribution in [0.25, 0.3) is 0 Å². The number of halogens is 2. The van der Waals surface area contributed by atoms with Gasteiger partial charge < -0.3 is 9.47 Å². The van der Waals surface area contributed by atoms with E-state index < -0.39 is 0 Å². The van der Waals surface area contributed by atoms with E-state index in [2.05, 4.69) is 27.3 Å². The second kappa shape index (κ2) is 5.55. The van der Waals surface area contributed by atoms with Gasteiger partial charge >= 0.3 is 5.97 Å². The van der Waals surface area contributed by atoms with Crippen molar-refractivity contribution in [2.45, 2.75) is 6.42 Å². The van der Waals surface area contributed by atoms with Gasteiger partial charge in [0, 0.05) is 14.2 Å². The number of rotatable bonds is 3. The molecule has 0 N–H and O–H groups in total. The second-order valence-corrected chi connectivity index (χ2v) is 4.47. The summed E-state index contributed by atoms with van der Waals surface area (Å²) in [5.74, 6) is 0.272. The van der Waals surface area contributed by atoms with Crippen LogP contribution in [0.15, 0.2) is 12.1 Å². The zero-order valence-corrected chi connectivity index (χ0v) is 11.3. The van der Waals surface area contributed by atoms with Crippen molar-refractivity contribution in [2.75, 3.05) is 14.2 Å². The summed E-state index contributed by atoms with van der Waals surface area (Å²) in [6.07, 6.45) is 0.120. The summed E-state index contributed by atoms with van der Waals surface area (Å²) in [4.78, 5) is 11.1. The normalized spacial score (nSPS) is 9.87. The van der Waals surface area contributed by atoms with E-state index in [9.17, 15) is 4.79 Å². The highest BCUT2D eigenvalue weighted by atomic mass is 127. The van der Waals surface area contributed by atoms with E-state index in [-0.39, 0.29) is 12.4 Å². The fourth-order valence-electron chi connectivity index (χ4n) is 1.15. The van der Waals surface area contributed by atoms with Gasteiger partial charge in [-0.05, 0) is 34.7 Å². The fourth-order valence-corrected chi connectivity index (χ4v) is 2.21. The SMILES string of the molecule is COC(=O)Cc1c(Cl)cc(I)cc1OC. The standard InChI is InChI=1S/C10H10ClIO3/c1-14-9-4-6(12)3-8(11)7(9)5-10(13)15-2/h3-4H,5H2,1-2H3. The minimum Gasteiger partial charge on any atom is -0.496 e. The number of carbonyl (C=O) groups is 1. The Hall–Kier alpha value is -0.490. The van der Waals surface area contributed by atoms with E-state index in [0.717, 1.165) is 3.57 Å². The predicted molar refractivity (Wildman–Crippen MR) is 66.4 cm³/mol. The minimum atomic E-state index is -0.337. The average molecular weight is 341 g/mol. The third-order valence-electron chi connectivity index (χ3n) is 1.89. The maximum absolute atomic E-state index is 11.1. The molecule has 0 aliphatic carbocycles. The van der Waals surface area contributed by atoms with Gasteiger partial charge in [-0.3, -0.25) is 4.79 Å². The molecule has 0 saturated heterocycles. The predicted octanol–water partition coefficient (Wildman–Crippen LogP) is 2.67. The Morgan fingerprint density at radius 3 is 2.67 bits per heavy atom. The smallest absolute Gasteiger partial charge is 0.310 e. The minimum absolute atomic E-state index is 0.120. The van der Waals surface area contributed by atoms with Crippen molar-refractivity contribution in [1.29, 1.82) is 0 Å². The van der Waals surface area contributed by atoms with Crippen molar-refractivity contribution >= 4 is 40.2 Å². The van der Waals surface area contributed by atoms with Gasteiger partial charge in [0.25, 0.3) is 0 Å². The highest BCUT2D eigenvalue weighted by molar-refractivity contribution is 14.1. The Morgan fingerprint density at radius 2 is 2.13 bits per heavy atom. The lowest BCUT2D eigenvalue weighted by Crippen LogP contribution is -2.06. The zero-order chi connectivity index (χ0) is 11.4. The van der Waals surface area contributed by atoms with E-state index in [1.165, 1.54) is 7.11 Å². The molecule has 1 aromatic rings. The first-order valence-electron chi connectivity index (χ1n) is 4.17. The number of carbonyl (C=O) groups excluding carboxylic acids is 1. The van der Waals surface area contributed by atoms with Crippen LogP contribution < -0.4 is 4.74 Å². The van der Waals surface area contributed by atoms with Gasteiger partial charge in [0.2, 0.25) is 0 Å². The molecule has 0 atom stereocenters. The molecular weight excluding hydrogens is 330 g/mol. The molecule has 3 nitrogen and oxygen atoms in total. The lowest BCUT2D eigenvalue weighted by molar-refractivity contribution is -0.139. The summed E-state index contributed by atoms with van der Waals surface area (Å²) in [5, 5.41) is 0.518. The molecule has 0 radical (unpaired) electrons. The maximum atomic E-state index is 11.1. The van der Waals surface area contributed by atoms with Crippen molar-refractivity contribution in [1.82, 2.24) is 0 Å². The van der Waals surface area contributed by atoms with E-state index in [0.29, 0.717) is 16.3 Å². The number of hydrogen-bond donors (Lipinski definition) is 0. The quantitative estimate of drug-likeness (QED) is 0.627. The van der Waals surface area contributed by atoms with Gasteiger partial charge in [0.1, 0.15) is 5.75 Å². The van der Waals surface area contributed by atoms with Crippen LogP contribution in [0, 0.1) is 3.57 Å². The Morgan fingerprint density at radius 1 is 1.47 bits per heavy atom. The van der Waals surface area contributed by atoms with Crippen LogP contribution in [0.4, 0.5) is 0 Å². The monoisotopic (exact) mass is 340 g/mol. The second-order valence-electron chi connectivity index (χ2n) is 2.82. The Bertz CT molecular complexity index is 379. The topological polar surface area (TPSA) is 35.5 Å². The third-order valence-corrected chi connectivity index (χ3v) is 2.85. The summed E-state index contributed by atoms with van der Waals surface area (Å²) in [5.41, 5.74) is 0.659. The molecular formula is C10H10ClIO3. The molecule has 15 heavy (non-hydrogen) atoms. The van der Waals surface area contributed by atoms with E-state index >= 15 is 0 Å². The number of hydrogen-bond acceptors (Lipinski definition) is 3. The molecule has 82 valence electrons. The molecule has 0 aliphatic rings. The Balaban J connectivity index is 3.09. The van der Waals surface area contributed by atoms with Gasteiger partial charge in [-0.25, -0.2) is 0 Å². The van der Waals surface area contributed by atoms with Gasteiger partial charge in [0.05, 0.1) is 20.6 Å². The van der Waals surface area contributed by atoms with Crippen molar-refractivity contribution in [3.8, 4) is 5.75 Å². The average Bonchev–Trinajstić information content (AvgIpc) is 2.21. The fraction of sp³-hybridized carbons (Fsp3) is 0.300. The van der Waals surface area contributed by atoms with Gasteiger partial charge in [0.15, 0.2) is 0 Å². The lowest BCUT2D eigenvalue weighted by Gasteiger charge is -2.10. The molecule has 5 heteroatoms. The van der Waals surface area contributed by atoms with Gasteiger partial charge in [-0.1, -0.05) is 11.6 Å². The van der Waals surface area contributed by atoms with Crippen molar-refractivity contribution in [3.05, 3.63) is 26.3 Å². The van der Waals surface area contributed by atoms with Gasteiger partial charge in [-0.15, -0.1) is 0 Å². The first-order valence-corrected chi connectivity index (χ1v) is 5.63. The van der Waals surface area contributed by atoms with Crippen LogP contribution in [0.5, 0.6) is 5.75 Å². The van der Waals surface area contributed by atoms with Crippen LogP contribution in [-0.2, 0) is 16.0 Å². The first kappa shape index (κ1) is 12.6. The van der Waals surface area contributed by atoms with E-state index in [1.807, 2.05) is 6.07 Å². The number of esters is 1. The van der Waals surface area contributed by atoms with Crippen LogP contribution in [0.2, 0.25) is 5.02 Å². The highest BCUT2D eigenvalue weighted by Crippen LogP contribution is 2.29. The third kappa shape index (κ3) is 3.24. The molecule has 0 spiro atoms. The van der Waals surface area contributed by atoms with Crippen molar-refractivity contribution in [2.24, 2.45) is 0 Å². The van der Waals surface area contributed by atoms with Gasteiger partial charge in [-0.2, -0.15) is 0 Å². The van der Waals surface area contributed by atoms with Crippen LogP contribution in [0.1, 0.15) is 5.56 Å².